The van der Waals surface area contributed by atoms with E-state index in [1.807, 2.05) is 47.8 Å². The van der Waals surface area contributed by atoms with Crippen LogP contribution in [-0.2, 0) is 22.6 Å². The van der Waals surface area contributed by atoms with E-state index in [2.05, 4.69) is 10.9 Å². The number of carbonyl (C=O) groups excluding carboxylic acids is 2. The van der Waals surface area contributed by atoms with E-state index in [-0.39, 0.29) is 12.5 Å². The van der Waals surface area contributed by atoms with Gasteiger partial charge >= 0.3 is 0 Å². The zero-order chi connectivity index (χ0) is 20.3. The molecule has 1 aromatic heterocycles. The highest BCUT2D eigenvalue weighted by Gasteiger charge is 2.07. The van der Waals surface area contributed by atoms with Crippen molar-refractivity contribution in [3.05, 3.63) is 82.6 Å². The lowest BCUT2D eigenvalue weighted by Gasteiger charge is -2.10. The summed E-state index contributed by atoms with van der Waals surface area (Å²) in [5.74, 6) is 0.574. The maximum atomic E-state index is 11.8. The van der Waals surface area contributed by atoms with Crippen molar-refractivity contribution in [2.24, 2.45) is 0 Å². The normalized spacial score (nSPS) is 10.2. The highest BCUT2D eigenvalue weighted by atomic mass is 32.1. The smallest absolute Gasteiger partial charge is 0.276 e. The van der Waals surface area contributed by atoms with Crippen LogP contribution in [-0.4, -0.2) is 18.4 Å². The van der Waals surface area contributed by atoms with Crippen LogP contribution in [0.15, 0.2) is 72.1 Å². The van der Waals surface area contributed by atoms with Crippen LogP contribution in [0.5, 0.6) is 11.5 Å². The van der Waals surface area contributed by atoms with Crippen LogP contribution >= 0.6 is 11.3 Å². The van der Waals surface area contributed by atoms with Crippen molar-refractivity contribution < 1.29 is 19.1 Å². The molecule has 0 fully saturated rings. The van der Waals surface area contributed by atoms with Gasteiger partial charge in [0.2, 0.25) is 5.91 Å². The predicted molar refractivity (Wildman–Crippen MR) is 112 cm³/mol. The summed E-state index contributed by atoms with van der Waals surface area (Å²) in [5.41, 5.74) is 5.82. The van der Waals surface area contributed by atoms with Crippen molar-refractivity contribution in [2.75, 3.05) is 6.61 Å². The first-order chi connectivity index (χ1) is 14.2. The first-order valence-corrected chi connectivity index (χ1v) is 10.1. The molecular formula is C22H22N2O4S. The van der Waals surface area contributed by atoms with Gasteiger partial charge in [0.1, 0.15) is 18.1 Å². The third kappa shape index (κ3) is 7.31. The molecule has 1 heterocycles. The van der Waals surface area contributed by atoms with Crippen molar-refractivity contribution in [3.8, 4) is 11.5 Å². The third-order valence-corrected chi connectivity index (χ3v) is 4.90. The van der Waals surface area contributed by atoms with Crippen molar-refractivity contribution in [1.29, 1.82) is 0 Å². The minimum atomic E-state index is -0.432. The van der Waals surface area contributed by atoms with Crippen LogP contribution < -0.4 is 20.3 Å². The number of hydrogen-bond donors (Lipinski definition) is 2. The van der Waals surface area contributed by atoms with Gasteiger partial charge in [0.15, 0.2) is 6.61 Å². The van der Waals surface area contributed by atoms with Gasteiger partial charge in [-0.2, -0.15) is 0 Å². The maximum Gasteiger partial charge on any atom is 0.276 e. The number of ether oxygens (including phenoxy) is 2. The molecule has 150 valence electrons. The second kappa shape index (κ2) is 10.9. The molecule has 6 nitrogen and oxygen atoms in total. The summed E-state index contributed by atoms with van der Waals surface area (Å²) in [6.07, 6.45) is 0.959. The van der Waals surface area contributed by atoms with Gasteiger partial charge in [-0.05, 0) is 47.7 Å². The number of aryl methyl sites for hydroxylation is 1. The van der Waals surface area contributed by atoms with E-state index in [1.54, 1.807) is 35.6 Å². The maximum absolute atomic E-state index is 11.8. The highest BCUT2D eigenvalue weighted by molar-refractivity contribution is 7.09. The minimum Gasteiger partial charge on any atom is -0.489 e. The first kappa shape index (κ1) is 20.4. The molecule has 0 saturated carbocycles. The average molecular weight is 410 g/mol. The summed E-state index contributed by atoms with van der Waals surface area (Å²) < 4.78 is 11.1. The molecule has 0 unspecified atom stereocenters. The molecule has 0 aliphatic carbocycles. The van der Waals surface area contributed by atoms with Crippen molar-refractivity contribution >= 4 is 23.2 Å². The van der Waals surface area contributed by atoms with Gasteiger partial charge in [-0.3, -0.25) is 20.4 Å². The molecule has 0 radical (unpaired) electrons. The topological polar surface area (TPSA) is 76.7 Å². The van der Waals surface area contributed by atoms with Gasteiger partial charge in [0.25, 0.3) is 5.91 Å². The fourth-order valence-electron chi connectivity index (χ4n) is 2.45. The number of carbonyl (C=O) groups is 2. The Morgan fingerprint density at radius 1 is 0.793 bits per heavy atom. The van der Waals surface area contributed by atoms with Crippen molar-refractivity contribution in [1.82, 2.24) is 10.9 Å². The monoisotopic (exact) mass is 410 g/mol. The Hall–Kier alpha value is -3.32. The lowest BCUT2D eigenvalue weighted by molar-refractivity contribution is -0.130. The van der Waals surface area contributed by atoms with E-state index in [0.717, 1.165) is 10.4 Å². The molecule has 0 spiro atoms. The summed E-state index contributed by atoms with van der Waals surface area (Å²) in [6, 6.07) is 20.8. The Kier molecular flexibility index (Phi) is 7.65. The van der Waals surface area contributed by atoms with E-state index < -0.39 is 5.91 Å². The second-order valence-corrected chi connectivity index (χ2v) is 7.24. The van der Waals surface area contributed by atoms with Crippen LogP contribution in [0.4, 0.5) is 0 Å². The molecule has 0 aliphatic heterocycles. The lowest BCUT2D eigenvalue weighted by Crippen LogP contribution is -2.43. The number of rotatable bonds is 9. The molecular weight excluding hydrogens is 388 g/mol. The molecule has 7 heteroatoms. The Labute approximate surface area is 173 Å². The number of hydrogen-bond acceptors (Lipinski definition) is 5. The molecule has 2 aromatic carbocycles. The summed E-state index contributed by atoms with van der Waals surface area (Å²) >= 11 is 1.60. The van der Waals surface area contributed by atoms with Crippen LogP contribution in [0.2, 0.25) is 0 Å². The standard InChI is InChI=1S/C22H22N2O4S/c25-21(13-12-20-7-4-14-29-20)23-24-22(26)16-28-19-10-8-18(9-11-19)27-15-17-5-2-1-3-6-17/h1-11,14H,12-13,15-16H2,(H,23,25)(H,24,26). The van der Waals surface area contributed by atoms with E-state index in [0.29, 0.717) is 30.9 Å². The Bertz CT molecular complexity index is 896. The zero-order valence-corrected chi connectivity index (χ0v) is 16.6. The molecule has 2 amide bonds. The van der Waals surface area contributed by atoms with Crippen molar-refractivity contribution in [2.45, 2.75) is 19.4 Å². The molecule has 29 heavy (non-hydrogen) atoms. The van der Waals surface area contributed by atoms with Crippen LogP contribution in [0, 0.1) is 0 Å². The molecule has 3 aromatic rings. The van der Waals surface area contributed by atoms with Crippen LogP contribution in [0.25, 0.3) is 0 Å². The Morgan fingerprint density at radius 3 is 2.17 bits per heavy atom. The third-order valence-electron chi connectivity index (χ3n) is 3.96. The number of benzene rings is 2. The molecule has 0 atom stereocenters. The van der Waals surface area contributed by atoms with Gasteiger partial charge < -0.3 is 9.47 Å². The SMILES string of the molecule is O=C(CCc1cccs1)NNC(=O)COc1ccc(OCc2ccccc2)cc1. The fourth-order valence-corrected chi connectivity index (χ4v) is 3.16. The van der Waals surface area contributed by atoms with Gasteiger partial charge in [0, 0.05) is 11.3 Å². The fraction of sp³-hybridized carbons (Fsp3) is 0.182. The van der Waals surface area contributed by atoms with E-state index in [4.69, 9.17) is 9.47 Å². The number of thiophene rings is 1. The second-order valence-electron chi connectivity index (χ2n) is 6.21. The predicted octanol–water partition coefficient (Wildman–Crippen LogP) is 3.49. The summed E-state index contributed by atoms with van der Waals surface area (Å²) in [7, 11) is 0. The quantitative estimate of drug-likeness (QED) is 0.530. The Morgan fingerprint density at radius 2 is 1.48 bits per heavy atom. The summed E-state index contributed by atoms with van der Waals surface area (Å²) in [6.45, 7) is 0.283. The minimum absolute atomic E-state index is 0.199. The van der Waals surface area contributed by atoms with Gasteiger partial charge in [0.05, 0.1) is 0 Å². The van der Waals surface area contributed by atoms with Crippen molar-refractivity contribution in [3.63, 3.8) is 0 Å². The number of amides is 2. The zero-order valence-electron chi connectivity index (χ0n) is 15.8. The Balaban J connectivity index is 1.32. The van der Waals surface area contributed by atoms with Crippen LogP contribution in [0.1, 0.15) is 16.9 Å². The summed E-state index contributed by atoms with van der Waals surface area (Å²) in [4.78, 5) is 24.7. The average Bonchev–Trinajstić information content (AvgIpc) is 3.28. The molecule has 2 N–H and O–H groups in total. The molecule has 0 aliphatic rings. The van der Waals surface area contributed by atoms with E-state index >= 15 is 0 Å². The van der Waals surface area contributed by atoms with Gasteiger partial charge in [-0.15, -0.1) is 11.3 Å². The highest BCUT2D eigenvalue weighted by Crippen LogP contribution is 2.18. The number of hydrazine groups is 1. The molecule has 0 saturated heterocycles. The van der Waals surface area contributed by atoms with Gasteiger partial charge in [-0.1, -0.05) is 36.4 Å². The van der Waals surface area contributed by atoms with E-state index in [1.165, 1.54) is 0 Å². The largest absolute Gasteiger partial charge is 0.489 e. The summed E-state index contributed by atoms with van der Waals surface area (Å²) in [5, 5.41) is 1.97. The lowest BCUT2D eigenvalue weighted by atomic mass is 10.2. The number of nitrogens with one attached hydrogen (secondary N) is 2. The molecule has 3 rings (SSSR count). The van der Waals surface area contributed by atoms with E-state index in [9.17, 15) is 9.59 Å². The van der Waals surface area contributed by atoms with Crippen LogP contribution in [0.3, 0.4) is 0 Å². The first-order valence-electron chi connectivity index (χ1n) is 9.19. The van der Waals surface area contributed by atoms with Gasteiger partial charge in [-0.25, -0.2) is 0 Å². The molecule has 0 bridgehead atoms.